The summed E-state index contributed by atoms with van der Waals surface area (Å²) in [4.78, 5) is 0. The molecule has 96 valence electrons. The van der Waals surface area contributed by atoms with E-state index < -0.39 is 5.82 Å². The van der Waals surface area contributed by atoms with Crippen LogP contribution in [0, 0.1) is 17.6 Å². The van der Waals surface area contributed by atoms with E-state index in [1.165, 1.54) is 6.07 Å². The van der Waals surface area contributed by atoms with Crippen LogP contribution < -0.4 is 0 Å². The fourth-order valence-corrected chi connectivity index (χ4v) is 1.89. The van der Waals surface area contributed by atoms with E-state index in [0.717, 1.165) is 25.0 Å². The number of rotatable bonds is 1. The van der Waals surface area contributed by atoms with Gasteiger partial charge in [0.25, 0.3) is 0 Å². The largest absolute Gasteiger partial charge is 0.373 e. The molecule has 17 heavy (non-hydrogen) atoms. The molecule has 2 rings (SSSR count). The van der Waals surface area contributed by atoms with Gasteiger partial charge in [-0.1, -0.05) is 20.8 Å². The maximum Gasteiger partial charge on any atom is 0.129 e. The van der Waals surface area contributed by atoms with Crippen molar-refractivity contribution in [2.24, 2.45) is 5.92 Å². The molecule has 1 saturated heterocycles. The molecule has 1 aromatic carbocycles. The molecule has 0 N–H and O–H groups in total. The van der Waals surface area contributed by atoms with E-state index in [4.69, 9.17) is 4.74 Å². The van der Waals surface area contributed by atoms with Crippen molar-refractivity contribution in [3.8, 4) is 0 Å². The van der Waals surface area contributed by atoms with Crippen LogP contribution in [0.2, 0.25) is 0 Å². The Hall–Kier alpha value is -0.960. The van der Waals surface area contributed by atoms with Gasteiger partial charge in [-0.3, -0.25) is 0 Å². The summed E-state index contributed by atoms with van der Waals surface area (Å²) in [5.41, 5.74) is 0.349. The molecule has 2 atom stereocenters. The highest BCUT2D eigenvalue weighted by atomic mass is 19.1. The maximum atomic E-state index is 13.4. The lowest BCUT2D eigenvalue weighted by Crippen LogP contribution is -2.19. The molecule has 0 radical (unpaired) electrons. The monoisotopic (exact) mass is 242 g/mol. The topological polar surface area (TPSA) is 9.23 Å². The second kappa shape index (κ2) is 6.70. The SMILES string of the molecule is CC.CC1CC[C@@H](c2cc(F)ccc2F)OC1. The molecular weight excluding hydrogens is 222 g/mol. The van der Waals surface area contributed by atoms with E-state index in [1.807, 2.05) is 13.8 Å². The molecular formula is C14H20F2O. The van der Waals surface area contributed by atoms with Crippen LogP contribution in [0.15, 0.2) is 18.2 Å². The van der Waals surface area contributed by atoms with Gasteiger partial charge in [0.1, 0.15) is 11.6 Å². The van der Waals surface area contributed by atoms with Crippen molar-refractivity contribution in [3.63, 3.8) is 0 Å². The van der Waals surface area contributed by atoms with Crippen molar-refractivity contribution in [1.29, 1.82) is 0 Å². The van der Waals surface area contributed by atoms with Gasteiger partial charge in [0.15, 0.2) is 0 Å². The summed E-state index contributed by atoms with van der Waals surface area (Å²) in [6, 6.07) is 3.52. The van der Waals surface area contributed by atoms with E-state index in [0.29, 0.717) is 18.1 Å². The Balaban J connectivity index is 0.000000686. The van der Waals surface area contributed by atoms with E-state index in [1.54, 1.807) is 0 Å². The molecule has 0 spiro atoms. The van der Waals surface area contributed by atoms with Crippen LogP contribution in [0.5, 0.6) is 0 Å². The molecule has 1 aliphatic rings. The van der Waals surface area contributed by atoms with Gasteiger partial charge in [-0.15, -0.1) is 0 Å². The minimum atomic E-state index is -0.409. The normalized spacial score (nSPS) is 23.8. The summed E-state index contributed by atoms with van der Waals surface area (Å²) in [5.74, 6) is -0.276. The zero-order valence-electron chi connectivity index (χ0n) is 10.7. The molecule has 0 aromatic heterocycles. The molecule has 0 amide bonds. The number of benzene rings is 1. The average Bonchev–Trinajstić information content (AvgIpc) is 2.36. The van der Waals surface area contributed by atoms with E-state index in [-0.39, 0.29) is 11.9 Å². The van der Waals surface area contributed by atoms with Crippen LogP contribution in [-0.4, -0.2) is 6.61 Å². The summed E-state index contributed by atoms with van der Waals surface area (Å²) in [6.07, 6.45) is 1.49. The van der Waals surface area contributed by atoms with Gasteiger partial charge < -0.3 is 4.74 Å². The van der Waals surface area contributed by atoms with Gasteiger partial charge in [-0.2, -0.15) is 0 Å². The van der Waals surface area contributed by atoms with Crippen LogP contribution in [0.1, 0.15) is 45.3 Å². The molecule has 0 aliphatic carbocycles. The predicted molar refractivity (Wildman–Crippen MR) is 64.8 cm³/mol. The summed E-state index contributed by atoms with van der Waals surface area (Å²) < 4.78 is 31.9. The summed E-state index contributed by atoms with van der Waals surface area (Å²) in [7, 11) is 0. The van der Waals surface area contributed by atoms with Crippen molar-refractivity contribution < 1.29 is 13.5 Å². The first-order chi connectivity index (χ1) is 8.16. The average molecular weight is 242 g/mol. The van der Waals surface area contributed by atoms with Gasteiger partial charge in [-0.05, 0) is 37.0 Å². The van der Waals surface area contributed by atoms with Crippen molar-refractivity contribution in [3.05, 3.63) is 35.4 Å². The molecule has 1 unspecified atom stereocenters. The third kappa shape index (κ3) is 3.77. The lowest BCUT2D eigenvalue weighted by Gasteiger charge is -2.27. The number of ether oxygens (including phenoxy) is 1. The van der Waals surface area contributed by atoms with E-state index in [9.17, 15) is 8.78 Å². The zero-order valence-corrected chi connectivity index (χ0v) is 10.7. The summed E-state index contributed by atoms with van der Waals surface area (Å²) in [5, 5.41) is 0. The Morgan fingerprint density at radius 3 is 2.47 bits per heavy atom. The Morgan fingerprint density at radius 2 is 1.88 bits per heavy atom. The first-order valence-electron chi connectivity index (χ1n) is 6.23. The molecule has 1 heterocycles. The smallest absolute Gasteiger partial charge is 0.129 e. The molecule has 1 aliphatic heterocycles. The van der Waals surface area contributed by atoms with Crippen LogP contribution >= 0.6 is 0 Å². The third-order valence-electron chi connectivity index (χ3n) is 2.81. The maximum absolute atomic E-state index is 13.4. The highest BCUT2D eigenvalue weighted by molar-refractivity contribution is 5.21. The Labute approximate surface area is 102 Å². The third-order valence-corrected chi connectivity index (χ3v) is 2.81. The molecule has 1 aromatic rings. The lowest BCUT2D eigenvalue weighted by atomic mass is 9.96. The van der Waals surface area contributed by atoms with Crippen LogP contribution in [0.25, 0.3) is 0 Å². The predicted octanol–water partition coefficient (Wildman–Crippen LogP) is 4.48. The highest BCUT2D eigenvalue weighted by Crippen LogP contribution is 2.31. The fraction of sp³-hybridized carbons (Fsp3) is 0.571. The number of hydrogen-bond acceptors (Lipinski definition) is 1. The van der Waals surface area contributed by atoms with Crippen molar-refractivity contribution >= 4 is 0 Å². The molecule has 3 heteroatoms. The molecule has 0 bridgehead atoms. The van der Waals surface area contributed by atoms with Crippen LogP contribution in [0.4, 0.5) is 8.78 Å². The molecule has 1 nitrogen and oxygen atoms in total. The Bertz CT molecular complexity index is 344. The first kappa shape index (κ1) is 14.1. The van der Waals surface area contributed by atoms with Gasteiger partial charge in [0.05, 0.1) is 6.10 Å². The standard InChI is InChI=1S/C12H14F2O.C2H6/c1-8-2-5-12(15-7-8)10-6-9(13)3-4-11(10)14;1-2/h3-4,6,8,12H,2,5,7H2,1H3;1-2H3/t8?,12-;/m0./s1. The van der Waals surface area contributed by atoms with Gasteiger partial charge in [0, 0.05) is 12.2 Å². The zero-order chi connectivity index (χ0) is 12.8. The van der Waals surface area contributed by atoms with Crippen molar-refractivity contribution in [2.45, 2.75) is 39.7 Å². The molecule has 0 saturated carbocycles. The second-order valence-electron chi connectivity index (χ2n) is 4.17. The van der Waals surface area contributed by atoms with Crippen LogP contribution in [0.3, 0.4) is 0 Å². The second-order valence-corrected chi connectivity index (χ2v) is 4.17. The first-order valence-corrected chi connectivity index (χ1v) is 6.23. The Kier molecular flexibility index (Phi) is 5.56. The van der Waals surface area contributed by atoms with Gasteiger partial charge in [-0.25, -0.2) is 8.78 Å². The van der Waals surface area contributed by atoms with Crippen molar-refractivity contribution in [2.75, 3.05) is 6.61 Å². The van der Waals surface area contributed by atoms with Crippen LogP contribution in [-0.2, 0) is 4.74 Å². The van der Waals surface area contributed by atoms with Gasteiger partial charge in [0.2, 0.25) is 0 Å². The number of hydrogen-bond donors (Lipinski definition) is 0. The minimum absolute atomic E-state index is 0.281. The quantitative estimate of drug-likeness (QED) is 0.705. The lowest BCUT2D eigenvalue weighted by molar-refractivity contribution is -0.0143. The summed E-state index contributed by atoms with van der Waals surface area (Å²) in [6.45, 7) is 6.72. The minimum Gasteiger partial charge on any atom is -0.373 e. The van der Waals surface area contributed by atoms with Crippen molar-refractivity contribution in [1.82, 2.24) is 0 Å². The van der Waals surface area contributed by atoms with E-state index >= 15 is 0 Å². The van der Waals surface area contributed by atoms with Gasteiger partial charge >= 0.3 is 0 Å². The highest BCUT2D eigenvalue weighted by Gasteiger charge is 2.23. The molecule has 1 fully saturated rings. The summed E-state index contributed by atoms with van der Waals surface area (Å²) >= 11 is 0. The van der Waals surface area contributed by atoms with E-state index in [2.05, 4.69) is 6.92 Å². The fourth-order valence-electron chi connectivity index (χ4n) is 1.89. The Morgan fingerprint density at radius 1 is 1.18 bits per heavy atom. The number of halogens is 2.